The molecule has 1 N–H and O–H groups in total. The minimum atomic E-state index is -0.256. The van der Waals surface area contributed by atoms with Gasteiger partial charge in [-0.15, -0.1) is 15.3 Å². The van der Waals surface area contributed by atoms with E-state index in [-0.39, 0.29) is 23.8 Å². The molecule has 10 nitrogen and oxygen atoms in total. The quantitative estimate of drug-likeness (QED) is 0.657. The average Bonchev–Trinajstić information content (AvgIpc) is 3.30. The smallest absolute Gasteiger partial charge is 0.249 e. The Hall–Kier alpha value is -3.04. The lowest BCUT2D eigenvalue weighted by Crippen LogP contribution is -2.42. The zero-order valence-electron chi connectivity index (χ0n) is 17.2. The second-order valence-electron chi connectivity index (χ2n) is 8.58. The number of anilines is 1. The van der Waals surface area contributed by atoms with Gasteiger partial charge < -0.3 is 14.7 Å². The topological polar surface area (TPSA) is 114 Å². The number of aromatic nitrogens is 6. The first kappa shape index (κ1) is 19.0. The van der Waals surface area contributed by atoms with Crippen molar-refractivity contribution >= 4 is 17.4 Å². The van der Waals surface area contributed by atoms with Gasteiger partial charge in [0.05, 0.1) is 0 Å². The van der Waals surface area contributed by atoms with Crippen molar-refractivity contribution in [2.45, 2.75) is 51.5 Å². The molecule has 2 aliphatic rings. The minimum Gasteiger partial charge on any atom is -0.355 e. The minimum absolute atomic E-state index is 0.0352. The van der Waals surface area contributed by atoms with Gasteiger partial charge in [0.2, 0.25) is 11.8 Å². The van der Waals surface area contributed by atoms with Crippen molar-refractivity contribution in [3.05, 3.63) is 30.2 Å². The Bertz CT molecular complexity index is 1030. The number of carbonyl (C=O) groups excluding carboxylic acids is 1. The molecule has 5 rings (SSSR count). The summed E-state index contributed by atoms with van der Waals surface area (Å²) in [5.74, 6) is 2.79. The fourth-order valence-corrected chi connectivity index (χ4v) is 3.92. The van der Waals surface area contributed by atoms with Gasteiger partial charge in [0.1, 0.15) is 18.2 Å². The van der Waals surface area contributed by atoms with Crippen LogP contribution in [0.2, 0.25) is 0 Å². The third-order valence-electron chi connectivity index (χ3n) is 5.97. The van der Waals surface area contributed by atoms with Gasteiger partial charge in [-0.25, -0.2) is 0 Å². The number of hydrogen-bond acceptors (Lipinski definition) is 8. The molecule has 10 heteroatoms. The van der Waals surface area contributed by atoms with Crippen molar-refractivity contribution in [3.63, 3.8) is 0 Å². The second kappa shape index (κ2) is 7.66. The number of amides is 1. The van der Waals surface area contributed by atoms with Crippen molar-refractivity contribution in [1.82, 2.24) is 35.3 Å². The molecule has 0 radical (unpaired) electrons. The third kappa shape index (κ3) is 3.73. The van der Waals surface area contributed by atoms with E-state index in [0.717, 1.165) is 56.1 Å². The zero-order chi connectivity index (χ0) is 20.7. The third-order valence-corrected chi connectivity index (χ3v) is 5.97. The van der Waals surface area contributed by atoms with E-state index in [0.29, 0.717) is 11.8 Å². The summed E-state index contributed by atoms with van der Waals surface area (Å²) in [5.41, 5.74) is 0.721. The second-order valence-corrected chi connectivity index (χ2v) is 8.58. The molecule has 1 saturated heterocycles. The lowest BCUT2D eigenvalue weighted by molar-refractivity contribution is -0.126. The fourth-order valence-electron chi connectivity index (χ4n) is 3.92. The Morgan fingerprint density at radius 2 is 2.00 bits per heavy atom. The maximum absolute atomic E-state index is 13.0. The summed E-state index contributed by atoms with van der Waals surface area (Å²) >= 11 is 0. The molecule has 1 unspecified atom stereocenters. The Morgan fingerprint density at radius 1 is 1.20 bits per heavy atom. The summed E-state index contributed by atoms with van der Waals surface area (Å²) in [7, 11) is 0. The van der Waals surface area contributed by atoms with E-state index in [9.17, 15) is 4.79 Å². The molecule has 2 fully saturated rings. The van der Waals surface area contributed by atoms with E-state index in [1.54, 1.807) is 10.8 Å². The molecular weight excluding hydrogens is 384 g/mol. The van der Waals surface area contributed by atoms with Crippen LogP contribution in [0.3, 0.4) is 0 Å². The van der Waals surface area contributed by atoms with Gasteiger partial charge in [0.15, 0.2) is 11.5 Å². The van der Waals surface area contributed by atoms with Crippen molar-refractivity contribution in [3.8, 4) is 0 Å². The Morgan fingerprint density at radius 3 is 2.73 bits per heavy atom. The van der Waals surface area contributed by atoms with Crippen molar-refractivity contribution < 1.29 is 9.32 Å². The number of piperidine rings is 1. The van der Waals surface area contributed by atoms with Crippen LogP contribution in [-0.4, -0.2) is 48.9 Å². The summed E-state index contributed by atoms with van der Waals surface area (Å²) < 4.78 is 7.14. The zero-order valence-corrected chi connectivity index (χ0v) is 17.2. The molecule has 1 aliphatic heterocycles. The number of nitrogens with one attached hydrogen (secondary N) is 1. The fraction of sp³-hybridized carbons (Fsp3) is 0.600. The van der Waals surface area contributed by atoms with Crippen molar-refractivity contribution in [2.24, 2.45) is 11.8 Å². The molecule has 1 saturated carbocycles. The van der Waals surface area contributed by atoms with Crippen LogP contribution in [0.1, 0.15) is 63.2 Å². The summed E-state index contributed by atoms with van der Waals surface area (Å²) in [6, 6.07) is 3.60. The first-order valence-corrected chi connectivity index (χ1v) is 10.6. The van der Waals surface area contributed by atoms with Gasteiger partial charge >= 0.3 is 0 Å². The molecule has 1 amide bonds. The number of nitrogens with zero attached hydrogens (tertiary/aromatic N) is 7. The largest absolute Gasteiger partial charge is 0.355 e. The predicted molar refractivity (Wildman–Crippen MR) is 108 cm³/mol. The van der Waals surface area contributed by atoms with E-state index in [4.69, 9.17) is 4.52 Å². The molecule has 1 aliphatic carbocycles. The van der Waals surface area contributed by atoms with Gasteiger partial charge in [-0.3, -0.25) is 4.79 Å². The normalized spacial score (nSPS) is 18.8. The van der Waals surface area contributed by atoms with E-state index in [1.165, 1.54) is 0 Å². The van der Waals surface area contributed by atoms with Crippen molar-refractivity contribution in [2.75, 3.05) is 18.0 Å². The highest BCUT2D eigenvalue weighted by Gasteiger charge is 2.33. The van der Waals surface area contributed by atoms with E-state index >= 15 is 0 Å². The number of fused-ring (bicyclic) bond motifs is 1. The van der Waals surface area contributed by atoms with Gasteiger partial charge in [-0.1, -0.05) is 19.0 Å². The lowest BCUT2D eigenvalue weighted by Gasteiger charge is -2.32. The monoisotopic (exact) mass is 410 g/mol. The molecule has 30 heavy (non-hydrogen) atoms. The van der Waals surface area contributed by atoms with Gasteiger partial charge in [0.25, 0.3) is 0 Å². The first-order valence-electron chi connectivity index (χ1n) is 10.6. The van der Waals surface area contributed by atoms with Crippen LogP contribution in [0.25, 0.3) is 5.65 Å². The molecule has 3 aromatic heterocycles. The molecule has 0 spiro atoms. The summed E-state index contributed by atoms with van der Waals surface area (Å²) in [6.45, 7) is 5.66. The molecular formula is C20H26N8O2. The Kier molecular flexibility index (Phi) is 4.84. The molecule has 0 aromatic carbocycles. The van der Waals surface area contributed by atoms with Crippen LogP contribution in [-0.2, 0) is 4.79 Å². The summed E-state index contributed by atoms with van der Waals surface area (Å²) in [6.07, 6.45) is 5.38. The van der Waals surface area contributed by atoms with E-state index in [1.807, 2.05) is 12.1 Å². The molecule has 3 aromatic rings. The molecule has 4 heterocycles. The lowest BCUT2D eigenvalue weighted by atomic mass is 9.94. The highest BCUT2D eigenvalue weighted by Crippen LogP contribution is 2.38. The van der Waals surface area contributed by atoms with E-state index < -0.39 is 0 Å². The summed E-state index contributed by atoms with van der Waals surface area (Å²) in [5, 5.41) is 19.7. The van der Waals surface area contributed by atoms with Gasteiger partial charge in [0, 0.05) is 24.9 Å². The van der Waals surface area contributed by atoms with Crippen LogP contribution in [0.4, 0.5) is 5.82 Å². The first-order chi connectivity index (χ1) is 14.6. The van der Waals surface area contributed by atoms with Crippen LogP contribution < -0.4 is 10.2 Å². The molecule has 158 valence electrons. The maximum Gasteiger partial charge on any atom is 0.249 e. The SMILES string of the molecule is CC(C)C(NC(=O)C1CCN(c2ccc3nncn3n2)CC1)c1nc(C2CC2)no1. The maximum atomic E-state index is 13.0. The number of carbonyl (C=O) groups is 1. The van der Waals surface area contributed by atoms with E-state index in [2.05, 4.69) is 49.5 Å². The van der Waals surface area contributed by atoms with Crippen LogP contribution in [0, 0.1) is 11.8 Å². The Balaban J connectivity index is 1.20. The molecule has 0 bridgehead atoms. The van der Waals surface area contributed by atoms with Gasteiger partial charge in [-0.2, -0.15) is 9.50 Å². The van der Waals surface area contributed by atoms with Crippen LogP contribution in [0.15, 0.2) is 23.0 Å². The molecule has 1 atom stereocenters. The van der Waals surface area contributed by atoms with Gasteiger partial charge in [-0.05, 0) is 43.7 Å². The predicted octanol–water partition coefficient (Wildman–Crippen LogP) is 2.11. The Labute approximate surface area is 174 Å². The van der Waals surface area contributed by atoms with Crippen LogP contribution in [0.5, 0.6) is 0 Å². The van der Waals surface area contributed by atoms with Crippen molar-refractivity contribution in [1.29, 1.82) is 0 Å². The number of rotatable bonds is 6. The van der Waals surface area contributed by atoms with Crippen LogP contribution >= 0.6 is 0 Å². The summed E-state index contributed by atoms with van der Waals surface area (Å²) in [4.78, 5) is 19.7. The highest BCUT2D eigenvalue weighted by molar-refractivity contribution is 5.79. The highest BCUT2D eigenvalue weighted by atomic mass is 16.5. The number of hydrogen-bond donors (Lipinski definition) is 1. The average molecular weight is 410 g/mol. The standard InChI is InChI=1S/C20H26N8O2/c1-12(2)17(20-23-18(26-30-20)13-3-4-13)22-19(29)14-7-9-27(10-8-14)16-6-5-15-24-21-11-28(15)25-16/h5-6,11-14,17H,3-4,7-10H2,1-2H3,(H,22,29).